The van der Waals surface area contributed by atoms with Crippen LogP contribution in [0.4, 0.5) is 17.6 Å². The molecule has 0 aliphatic carbocycles. The number of hydrogen-bond donors (Lipinski definition) is 0. The van der Waals surface area contributed by atoms with E-state index in [1.165, 1.54) is 0 Å². The second-order valence-electron chi connectivity index (χ2n) is 4.77. The summed E-state index contributed by atoms with van der Waals surface area (Å²) in [6, 6.07) is 5.37. The van der Waals surface area contributed by atoms with Gasteiger partial charge in [0.15, 0.2) is 0 Å². The van der Waals surface area contributed by atoms with E-state index in [0.29, 0.717) is 4.57 Å². The van der Waals surface area contributed by atoms with Gasteiger partial charge in [-0.25, -0.2) is 17.6 Å². The van der Waals surface area contributed by atoms with E-state index in [-0.39, 0.29) is 49.5 Å². The fourth-order valence-corrected chi connectivity index (χ4v) is 2.40. The summed E-state index contributed by atoms with van der Waals surface area (Å²) in [4.78, 5) is 12.0. The molecular weight excluding hydrogens is 495 g/mol. The maximum atomic E-state index is 14.4. The minimum absolute atomic E-state index is 0. The van der Waals surface area contributed by atoms with Gasteiger partial charge in [-0.15, -0.1) is 21.9 Å². The fourth-order valence-electron chi connectivity index (χ4n) is 2.07. The SMILES string of the molecule is CC#CCOc1cc(F)c(-c2[c-]cc(Br)c(=O)n2CC(F)F)c(F)c1.[Y]. The molecule has 1 aromatic carbocycles. The maximum Gasteiger partial charge on any atom is 0.256 e. The molecular formula is C17H11BrF4NO2Y-. The van der Waals surface area contributed by atoms with Gasteiger partial charge < -0.3 is 9.30 Å². The molecule has 135 valence electrons. The van der Waals surface area contributed by atoms with Crippen LogP contribution >= 0.6 is 15.9 Å². The molecule has 0 unspecified atom stereocenters. The van der Waals surface area contributed by atoms with Crippen molar-refractivity contribution in [1.29, 1.82) is 0 Å². The summed E-state index contributed by atoms with van der Waals surface area (Å²) < 4.78 is 59.8. The number of rotatable bonds is 5. The van der Waals surface area contributed by atoms with E-state index >= 15 is 0 Å². The molecule has 1 aromatic heterocycles. The van der Waals surface area contributed by atoms with Gasteiger partial charge in [0.1, 0.15) is 12.4 Å². The van der Waals surface area contributed by atoms with Crippen molar-refractivity contribution in [1.82, 2.24) is 4.57 Å². The number of ether oxygens (including phenoxy) is 1. The Kier molecular flexibility index (Phi) is 9.01. The number of hydrogen-bond acceptors (Lipinski definition) is 2. The summed E-state index contributed by atoms with van der Waals surface area (Å²) in [6.07, 6.45) is -2.89. The van der Waals surface area contributed by atoms with E-state index in [4.69, 9.17) is 4.74 Å². The van der Waals surface area contributed by atoms with Crippen molar-refractivity contribution < 1.29 is 55.0 Å². The molecule has 0 atom stereocenters. The molecule has 1 radical (unpaired) electrons. The molecule has 2 rings (SSSR count). The van der Waals surface area contributed by atoms with E-state index in [1.807, 2.05) is 0 Å². The molecule has 0 saturated heterocycles. The zero-order valence-electron chi connectivity index (χ0n) is 13.5. The number of pyridine rings is 1. The van der Waals surface area contributed by atoms with E-state index in [0.717, 1.165) is 18.2 Å². The summed E-state index contributed by atoms with van der Waals surface area (Å²) in [5, 5.41) is 0. The van der Waals surface area contributed by atoms with Gasteiger partial charge in [0.2, 0.25) is 5.56 Å². The fraction of sp³-hybridized carbons (Fsp3) is 0.235. The summed E-state index contributed by atoms with van der Waals surface area (Å²) in [5.41, 5.74) is -1.89. The smallest absolute Gasteiger partial charge is 0.256 e. The Hall–Kier alpha value is -1.17. The van der Waals surface area contributed by atoms with Crippen LogP contribution in [0.5, 0.6) is 5.75 Å². The Bertz CT molecular complexity index is 883. The molecule has 0 fully saturated rings. The Balaban J connectivity index is 0.00000338. The van der Waals surface area contributed by atoms with Gasteiger partial charge in [-0.1, -0.05) is 11.6 Å². The predicted molar refractivity (Wildman–Crippen MR) is 87.5 cm³/mol. The van der Waals surface area contributed by atoms with Crippen LogP contribution in [0.1, 0.15) is 6.92 Å². The van der Waals surface area contributed by atoms with Gasteiger partial charge >= 0.3 is 0 Å². The minimum atomic E-state index is -2.89. The summed E-state index contributed by atoms with van der Waals surface area (Å²) in [5.74, 6) is 2.88. The molecule has 2 aromatic rings. The zero-order valence-corrected chi connectivity index (χ0v) is 17.9. The van der Waals surface area contributed by atoms with Gasteiger partial charge in [0, 0.05) is 44.8 Å². The largest absolute Gasteiger partial charge is 0.481 e. The first-order valence-corrected chi connectivity index (χ1v) is 7.75. The Labute approximate surface area is 180 Å². The number of halogens is 5. The quantitative estimate of drug-likeness (QED) is 0.349. The van der Waals surface area contributed by atoms with Crippen molar-refractivity contribution in [2.24, 2.45) is 0 Å². The Morgan fingerprint density at radius 1 is 1.31 bits per heavy atom. The molecule has 1 heterocycles. The van der Waals surface area contributed by atoms with Crippen LogP contribution in [0.25, 0.3) is 11.3 Å². The van der Waals surface area contributed by atoms with Crippen LogP contribution in [0, 0.1) is 29.5 Å². The topological polar surface area (TPSA) is 31.2 Å². The molecule has 0 saturated carbocycles. The molecule has 0 aliphatic heterocycles. The second-order valence-corrected chi connectivity index (χ2v) is 5.62. The first-order chi connectivity index (χ1) is 11.8. The van der Waals surface area contributed by atoms with Crippen LogP contribution in [0.2, 0.25) is 0 Å². The van der Waals surface area contributed by atoms with E-state index in [9.17, 15) is 22.4 Å². The van der Waals surface area contributed by atoms with Crippen LogP contribution < -0.4 is 10.3 Å². The van der Waals surface area contributed by atoms with Crippen molar-refractivity contribution in [2.75, 3.05) is 6.61 Å². The molecule has 0 aliphatic rings. The van der Waals surface area contributed by atoms with Gasteiger partial charge in [-0.3, -0.25) is 4.79 Å². The predicted octanol–water partition coefficient (Wildman–Crippen LogP) is 4.02. The van der Waals surface area contributed by atoms with Crippen molar-refractivity contribution in [2.45, 2.75) is 19.9 Å². The molecule has 9 heteroatoms. The van der Waals surface area contributed by atoms with Crippen molar-refractivity contribution in [3.05, 3.63) is 50.7 Å². The van der Waals surface area contributed by atoms with E-state index in [2.05, 4.69) is 33.8 Å². The molecule has 26 heavy (non-hydrogen) atoms. The first kappa shape index (κ1) is 22.9. The third-order valence-corrected chi connectivity index (χ3v) is 3.68. The van der Waals surface area contributed by atoms with Crippen LogP contribution in [0.15, 0.2) is 27.5 Å². The minimum Gasteiger partial charge on any atom is -0.481 e. The molecule has 0 spiro atoms. The van der Waals surface area contributed by atoms with E-state index < -0.39 is 41.4 Å². The van der Waals surface area contributed by atoms with Gasteiger partial charge in [0.05, 0.1) is 18.2 Å². The average Bonchev–Trinajstić information content (AvgIpc) is 2.53. The normalized spacial score (nSPS) is 10.1. The van der Waals surface area contributed by atoms with Crippen LogP contribution in [-0.4, -0.2) is 17.6 Å². The summed E-state index contributed by atoms with van der Waals surface area (Å²) in [7, 11) is 0. The zero-order chi connectivity index (χ0) is 18.6. The molecule has 3 nitrogen and oxygen atoms in total. The number of nitrogens with zero attached hydrogens (tertiary/aromatic N) is 1. The number of benzene rings is 1. The molecule has 0 bridgehead atoms. The Morgan fingerprint density at radius 2 is 1.92 bits per heavy atom. The van der Waals surface area contributed by atoms with Gasteiger partial charge in [0.25, 0.3) is 6.43 Å². The van der Waals surface area contributed by atoms with Crippen LogP contribution in [-0.2, 0) is 39.3 Å². The summed E-state index contributed by atoms with van der Waals surface area (Å²) >= 11 is 2.90. The molecule has 0 N–H and O–H groups in total. The van der Waals surface area contributed by atoms with Gasteiger partial charge in [-0.05, 0) is 17.0 Å². The standard InChI is InChI=1S/C17H11BrF4NO2.Y/c1-2-3-6-25-10-7-12(19)16(13(20)8-10)14-5-4-11(18)17(24)23(14)9-15(21)22;/h4,7-8,15H,6,9H2,1H3;/q-1;. The first-order valence-electron chi connectivity index (χ1n) is 6.96. The maximum absolute atomic E-state index is 14.4. The Morgan fingerprint density at radius 3 is 2.46 bits per heavy atom. The second kappa shape index (κ2) is 10.2. The summed E-state index contributed by atoms with van der Waals surface area (Å²) in [6.45, 7) is 0.502. The number of aromatic nitrogens is 1. The van der Waals surface area contributed by atoms with E-state index in [1.54, 1.807) is 6.92 Å². The van der Waals surface area contributed by atoms with Gasteiger partial charge in [-0.2, -0.15) is 12.1 Å². The van der Waals surface area contributed by atoms with Crippen molar-refractivity contribution in [3.63, 3.8) is 0 Å². The van der Waals surface area contributed by atoms with Crippen molar-refractivity contribution in [3.8, 4) is 28.8 Å². The van der Waals surface area contributed by atoms with Crippen molar-refractivity contribution >= 4 is 15.9 Å². The average molecular weight is 506 g/mol. The number of alkyl halides is 2. The third kappa shape index (κ3) is 5.42. The monoisotopic (exact) mass is 505 g/mol. The third-order valence-electron chi connectivity index (χ3n) is 3.12. The van der Waals surface area contributed by atoms with Crippen LogP contribution in [0.3, 0.4) is 0 Å². The molecule has 0 amide bonds.